The summed E-state index contributed by atoms with van der Waals surface area (Å²) < 4.78 is 0. The number of hydroxylamine groups is 2. The molecule has 1 aliphatic heterocycles. The Kier molecular flexibility index (Phi) is 4.02. The van der Waals surface area contributed by atoms with E-state index in [1.165, 1.54) is 13.8 Å². The molecule has 96 valence electrons. The maximum Gasteiger partial charge on any atom is 0.328 e. The summed E-state index contributed by atoms with van der Waals surface area (Å²) in [4.78, 5) is 38.2. The van der Waals surface area contributed by atoms with Gasteiger partial charge in [0.1, 0.15) is 18.8 Å². The summed E-state index contributed by atoms with van der Waals surface area (Å²) in [6, 6.07) is -2.37. The monoisotopic (exact) mass is 246 g/mol. The third-order valence-corrected chi connectivity index (χ3v) is 2.32. The molecule has 1 saturated heterocycles. The second-order valence-corrected chi connectivity index (χ2v) is 3.72. The van der Waals surface area contributed by atoms with E-state index < -0.39 is 36.0 Å². The van der Waals surface area contributed by atoms with E-state index in [0.717, 1.165) is 0 Å². The zero-order valence-corrected chi connectivity index (χ0v) is 9.41. The second-order valence-electron chi connectivity index (χ2n) is 3.72. The standard InChI is InChI=1S/C9H14N2O6/c1-4(9(15)16)11-8(14)7(10-5(2)12)6(13)3-17-11/h4,6-7,13H,3H2,1-2H3,(H,10,12)(H,15,16)/t4?,6-,7-/m0/s1. The Balaban J connectivity index is 2.82. The molecule has 0 spiro atoms. The lowest BCUT2D eigenvalue weighted by Gasteiger charge is -2.36. The van der Waals surface area contributed by atoms with Crippen molar-refractivity contribution in [2.75, 3.05) is 6.61 Å². The highest BCUT2D eigenvalue weighted by Gasteiger charge is 2.41. The molecule has 1 fully saturated rings. The Morgan fingerprint density at radius 1 is 1.59 bits per heavy atom. The fraction of sp³-hybridized carbons (Fsp3) is 0.667. The topological polar surface area (TPSA) is 116 Å². The number of nitrogens with zero attached hydrogens (tertiary/aromatic N) is 1. The molecule has 3 N–H and O–H groups in total. The van der Waals surface area contributed by atoms with Crippen LogP contribution in [-0.4, -0.2) is 57.9 Å². The van der Waals surface area contributed by atoms with Crippen LogP contribution in [-0.2, 0) is 19.2 Å². The number of nitrogens with one attached hydrogen (secondary N) is 1. The first-order valence-corrected chi connectivity index (χ1v) is 4.98. The first-order chi connectivity index (χ1) is 7.84. The van der Waals surface area contributed by atoms with Crippen molar-refractivity contribution in [3.05, 3.63) is 0 Å². The minimum absolute atomic E-state index is 0.256. The van der Waals surface area contributed by atoms with Crippen LogP contribution in [0.25, 0.3) is 0 Å². The van der Waals surface area contributed by atoms with Gasteiger partial charge in [-0.05, 0) is 6.92 Å². The van der Waals surface area contributed by atoms with Crippen molar-refractivity contribution in [2.24, 2.45) is 0 Å². The molecule has 0 saturated carbocycles. The molecule has 0 aromatic heterocycles. The van der Waals surface area contributed by atoms with Gasteiger partial charge in [0.25, 0.3) is 5.91 Å². The van der Waals surface area contributed by atoms with Crippen molar-refractivity contribution in [1.29, 1.82) is 0 Å². The molecule has 0 aromatic rings. The SMILES string of the molecule is CC(=O)N[C@@H]1C(=O)N(C(C)C(=O)O)OC[C@@H]1O. The zero-order chi connectivity index (χ0) is 13.2. The van der Waals surface area contributed by atoms with Gasteiger partial charge in [-0.25, -0.2) is 9.86 Å². The van der Waals surface area contributed by atoms with E-state index in [1.807, 2.05) is 0 Å². The number of carbonyl (C=O) groups excluding carboxylic acids is 2. The fourth-order valence-corrected chi connectivity index (χ4v) is 1.40. The molecule has 1 aliphatic rings. The molecule has 0 radical (unpaired) electrons. The molecule has 0 bridgehead atoms. The molecular formula is C9H14N2O6. The average Bonchev–Trinajstić information content (AvgIpc) is 2.23. The molecule has 2 amide bonds. The number of hydrogen-bond acceptors (Lipinski definition) is 5. The minimum atomic E-state index is -1.24. The van der Waals surface area contributed by atoms with Crippen LogP contribution in [0.2, 0.25) is 0 Å². The molecular weight excluding hydrogens is 232 g/mol. The Bertz CT molecular complexity index is 340. The van der Waals surface area contributed by atoms with E-state index >= 15 is 0 Å². The number of hydrogen-bond donors (Lipinski definition) is 3. The number of carboxylic acid groups (broad SMARTS) is 1. The predicted octanol–water partition coefficient (Wildman–Crippen LogP) is -1.90. The maximum atomic E-state index is 11.8. The highest BCUT2D eigenvalue weighted by atomic mass is 16.7. The van der Waals surface area contributed by atoms with Crippen molar-refractivity contribution in [3.63, 3.8) is 0 Å². The van der Waals surface area contributed by atoms with E-state index in [-0.39, 0.29) is 6.61 Å². The molecule has 17 heavy (non-hydrogen) atoms. The molecule has 3 atom stereocenters. The number of rotatable bonds is 3. The van der Waals surface area contributed by atoms with Crippen LogP contribution in [0, 0.1) is 0 Å². The van der Waals surface area contributed by atoms with Crippen LogP contribution >= 0.6 is 0 Å². The second kappa shape index (κ2) is 5.11. The van der Waals surface area contributed by atoms with Crippen molar-refractivity contribution >= 4 is 17.8 Å². The lowest BCUT2D eigenvalue weighted by molar-refractivity contribution is -0.233. The summed E-state index contributed by atoms with van der Waals surface area (Å²) in [5, 5.41) is 21.2. The first kappa shape index (κ1) is 13.4. The summed E-state index contributed by atoms with van der Waals surface area (Å²) in [6.07, 6.45) is -1.19. The molecule has 1 unspecified atom stereocenters. The first-order valence-electron chi connectivity index (χ1n) is 4.98. The Hall–Kier alpha value is -1.67. The largest absolute Gasteiger partial charge is 0.480 e. The van der Waals surface area contributed by atoms with E-state index in [4.69, 9.17) is 9.94 Å². The van der Waals surface area contributed by atoms with Gasteiger partial charge in [-0.15, -0.1) is 0 Å². The highest BCUT2D eigenvalue weighted by Crippen LogP contribution is 2.13. The van der Waals surface area contributed by atoms with Crippen molar-refractivity contribution in [2.45, 2.75) is 32.0 Å². The van der Waals surface area contributed by atoms with Gasteiger partial charge in [0, 0.05) is 6.92 Å². The van der Waals surface area contributed by atoms with Crippen LogP contribution in [0.5, 0.6) is 0 Å². The molecule has 1 rings (SSSR count). The van der Waals surface area contributed by atoms with Crippen LogP contribution in [0.4, 0.5) is 0 Å². The lowest BCUT2D eigenvalue weighted by Crippen LogP contribution is -2.62. The summed E-state index contributed by atoms with van der Waals surface area (Å²) in [6.45, 7) is 2.21. The van der Waals surface area contributed by atoms with Gasteiger partial charge in [-0.2, -0.15) is 0 Å². The third kappa shape index (κ3) is 2.92. The number of carbonyl (C=O) groups is 3. The minimum Gasteiger partial charge on any atom is -0.480 e. The number of aliphatic hydroxyl groups is 1. The van der Waals surface area contributed by atoms with Crippen LogP contribution < -0.4 is 5.32 Å². The highest BCUT2D eigenvalue weighted by molar-refractivity contribution is 5.90. The van der Waals surface area contributed by atoms with Gasteiger partial charge >= 0.3 is 5.97 Å². The summed E-state index contributed by atoms with van der Waals surface area (Å²) >= 11 is 0. The molecule has 0 aromatic carbocycles. The molecule has 1 heterocycles. The van der Waals surface area contributed by atoms with Gasteiger partial charge in [0.15, 0.2) is 6.04 Å². The quantitative estimate of drug-likeness (QED) is 0.535. The zero-order valence-electron chi connectivity index (χ0n) is 9.41. The van der Waals surface area contributed by atoms with E-state index in [1.54, 1.807) is 0 Å². The van der Waals surface area contributed by atoms with Crippen LogP contribution in [0.3, 0.4) is 0 Å². The van der Waals surface area contributed by atoms with E-state index in [2.05, 4.69) is 5.32 Å². The smallest absolute Gasteiger partial charge is 0.328 e. The molecule has 0 aliphatic carbocycles. The van der Waals surface area contributed by atoms with Crippen molar-refractivity contribution in [3.8, 4) is 0 Å². The number of amides is 2. The van der Waals surface area contributed by atoms with Crippen molar-refractivity contribution < 1.29 is 29.4 Å². The average molecular weight is 246 g/mol. The molecule has 8 nitrogen and oxygen atoms in total. The Labute approximate surface area is 97.1 Å². The lowest BCUT2D eigenvalue weighted by atomic mass is 10.1. The molecule has 8 heteroatoms. The van der Waals surface area contributed by atoms with Gasteiger partial charge in [-0.3, -0.25) is 14.4 Å². The van der Waals surface area contributed by atoms with Gasteiger partial charge < -0.3 is 15.5 Å². The summed E-state index contributed by atoms with van der Waals surface area (Å²) in [5.41, 5.74) is 0. The summed E-state index contributed by atoms with van der Waals surface area (Å²) in [5.74, 6) is -2.52. The van der Waals surface area contributed by atoms with Gasteiger partial charge in [-0.1, -0.05) is 0 Å². The van der Waals surface area contributed by atoms with Crippen LogP contribution in [0.15, 0.2) is 0 Å². The summed E-state index contributed by atoms with van der Waals surface area (Å²) in [7, 11) is 0. The Morgan fingerprint density at radius 2 is 2.18 bits per heavy atom. The van der Waals surface area contributed by atoms with E-state index in [0.29, 0.717) is 5.06 Å². The Morgan fingerprint density at radius 3 is 2.65 bits per heavy atom. The van der Waals surface area contributed by atoms with Gasteiger partial charge in [0.05, 0.1) is 0 Å². The normalized spacial score (nSPS) is 26.5. The maximum absolute atomic E-state index is 11.8. The number of aliphatic hydroxyl groups excluding tert-OH is 1. The third-order valence-electron chi connectivity index (χ3n) is 2.32. The number of aliphatic carboxylic acids is 1. The number of carboxylic acids is 1. The predicted molar refractivity (Wildman–Crippen MR) is 53.5 cm³/mol. The van der Waals surface area contributed by atoms with E-state index in [9.17, 15) is 19.5 Å². The van der Waals surface area contributed by atoms with Crippen molar-refractivity contribution in [1.82, 2.24) is 10.4 Å². The van der Waals surface area contributed by atoms with Crippen LogP contribution in [0.1, 0.15) is 13.8 Å². The fourth-order valence-electron chi connectivity index (χ4n) is 1.40. The van der Waals surface area contributed by atoms with Gasteiger partial charge in [0.2, 0.25) is 5.91 Å².